The third-order valence-electron chi connectivity index (χ3n) is 1.99. The molecule has 0 fully saturated rings. The van der Waals surface area contributed by atoms with Gasteiger partial charge in [-0.3, -0.25) is 0 Å². The number of nitrogen functional groups attached to an aromatic ring is 1. The van der Waals surface area contributed by atoms with E-state index in [0.717, 1.165) is 11.1 Å². The van der Waals surface area contributed by atoms with Crippen molar-refractivity contribution in [2.24, 2.45) is 0 Å². The molecule has 2 N–H and O–H groups in total. The highest BCUT2D eigenvalue weighted by atomic mass is 35.5. The molecule has 0 radical (unpaired) electrons. The lowest BCUT2D eigenvalue weighted by Crippen LogP contribution is -1.93. The Balaban J connectivity index is 2.63. The minimum Gasteiger partial charge on any atom is -0.383 e. The van der Waals surface area contributed by atoms with E-state index < -0.39 is 0 Å². The maximum absolute atomic E-state index is 6.04. The van der Waals surface area contributed by atoms with Gasteiger partial charge in [0, 0.05) is 11.8 Å². The van der Waals surface area contributed by atoms with Crippen molar-refractivity contribution < 1.29 is 0 Å². The molecule has 1 aromatic carbocycles. The zero-order valence-electron chi connectivity index (χ0n) is 7.44. The van der Waals surface area contributed by atoms with Gasteiger partial charge in [0.2, 0.25) is 0 Å². The summed E-state index contributed by atoms with van der Waals surface area (Å²) >= 11 is 6.04. The molecule has 0 bridgehead atoms. The Bertz CT molecular complexity index is 420. The fourth-order valence-corrected chi connectivity index (χ4v) is 1.61. The van der Waals surface area contributed by atoms with Gasteiger partial charge in [-0.15, -0.1) is 0 Å². The molecular formula is C11H9ClN2. The van der Waals surface area contributed by atoms with Gasteiger partial charge in [0.05, 0.1) is 5.02 Å². The summed E-state index contributed by atoms with van der Waals surface area (Å²) in [6, 6.07) is 11.5. The van der Waals surface area contributed by atoms with Gasteiger partial charge < -0.3 is 5.73 Å². The summed E-state index contributed by atoms with van der Waals surface area (Å²) in [5, 5.41) is 0.628. The fourth-order valence-electron chi connectivity index (χ4n) is 1.34. The summed E-state index contributed by atoms with van der Waals surface area (Å²) in [6.07, 6.45) is 1.60. The Morgan fingerprint density at radius 1 is 1.07 bits per heavy atom. The van der Waals surface area contributed by atoms with Crippen LogP contribution in [0.5, 0.6) is 0 Å². The minimum atomic E-state index is 0.462. The number of aromatic nitrogens is 1. The average Bonchev–Trinajstić information content (AvgIpc) is 2.19. The van der Waals surface area contributed by atoms with Crippen LogP contribution in [-0.2, 0) is 0 Å². The van der Waals surface area contributed by atoms with E-state index in [9.17, 15) is 0 Å². The van der Waals surface area contributed by atoms with Crippen molar-refractivity contribution in [3.8, 4) is 11.1 Å². The van der Waals surface area contributed by atoms with Crippen LogP contribution in [0.2, 0.25) is 5.02 Å². The van der Waals surface area contributed by atoms with E-state index in [4.69, 9.17) is 17.3 Å². The van der Waals surface area contributed by atoms with Crippen molar-refractivity contribution in [2.75, 3.05) is 5.73 Å². The molecule has 1 aromatic heterocycles. The molecule has 14 heavy (non-hydrogen) atoms. The molecule has 2 aromatic rings. The lowest BCUT2D eigenvalue weighted by molar-refractivity contribution is 1.34. The number of anilines is 1. The average molecular weight is 205 g/mol. The highest BCUT2D eigenvalue weighted by molar-refractivity contribution is 6.33. The van der Waals surface area contributed by atoms with Gasteiger partial charge in [-0.25, -0.2) is 4.98 Å². The van der Waals surface area contributed by atoms with Crippen molar-refractivity contribution in [3.63, 3.8) is 0 Å². The summed E-state index contributed by atoms with van der Waals surface area (Å²) in [4.78, 5) is 4.01. The van der Waals surface area contributed by atoms with Crippen molar-refractivity contribution >= 4 is 17.4 Å². The number of pyridine rings is 1. The van der Waals surface area contributed by atoms with Crippen LogP contribution in [0.3, 0.4) is 0 Å². The maximum atomic E-state index is 6.04. The fraction of sp³-hybridized carbons (Fsp3) is 0. The molecule has 0 saturated heterocycles. The van der Waals surface area contributed by atoms with E-state index in [2.05, 4.69) is 4.98 Å². The highest BCUT2D eigenvalue weighted by Crippen LogP contribution is 2.31. The number of halogens is 1. The summed E-state index contributed by atoms with van der Waals surface area (Å²) in [5.41, 5.74) is 7.55. The number of nitrogens with two attached hydrogens (primary N) is 1. The molecule has 0 unspecified atom stereocenters. The van der Waals surface area contributed by atoms with Crippen molar-refractivity contribution in [3.05, 3.63) is 47.6 Å². The quantitative estimate of drug-likeness (QED) is 0.776. The molecular weight excluding hydrogens is 196 g/mol. The molecule has 0 saturated carbocycles. The van der Waals surface area contributed by atoms with Gasteiger partial charge in [0.15, 0.2) is 0 Å². The number of nitrogens with zero attached hydrogens (tertiary/aromatic N) is 1. The lowest BCUT2D eigenvalue weighted by atomic mass is 10.1. The first-order valence-electron chi connectivity index (χ1n) is 4.24. The van der Waals surface area contributed by atoms with E-state index >= 15 is 0 Å². The number of hydrogen-bond donors (Lipinski definition) is 1. The normalized spacial score (nSPS) is 10.1. The first-order chi connectivity index (χ1) is 6.79. The predicted octanol–water partition coefficient (Wildman–Crippen LogP) is 2.98. The smallest absolute Gasteiger partial charge is 0.132 e. The Labute approximate surface area is 87.4 Å². The van der Waals surface area contributed by atoms with Crippen LogP contribution in [0.15, 0.2) is 42.6 Å². The number of hydrogen-bond acceptors (Lipinski definition) is 2. The second-order valence-corrected chi connectivity index (χ2v) is 3.33. The van der Waals surface area contributed by atoms with Crippen molar-refractivity contribution in [1.29, 1.82) is 0 Å². The molecule has 0 aliphatic heterocycles. The topological polar surface area (TPSA) is 38.9 Å². The number of benzene rings is 1. The van der Waals surface area contributed by atoms with Crippen LogP contribution in [0, 0.1) is 0 Å². The van der Waals surface area contributed by atoms with Gasteiger partial charge in [0.25, 0.3) is 0 Å². The predicted molar refractivity (Wildman–Crippen MR) is 59.1 cm³/mol. The summed E-state index contributed by atoms with van der Waals surface area (Å²) in [7, 11) is 0. The van der Waals surface area contributed by atoms with Gasteiger partial charge in [0.1, 0.15) is 5.82 Å². The molecule has 0 aliphatic carbocycles. The van der Waals surface area contributed by atoms with Crippen LogP contribution in [0.25, 0.3) is 11.1 Å². The van der Waals surface area contributed by atoms with Gasteiger partial charge in [-0.2, -0.15) is 0 Å². The zero-order valence-corrected chi connectivity index (χ0v) is 8.20. The van der Waals surface area contributed by atoms with Crippen molar-refractivity contribution in [2.45, 2.75) is 0 Å². The molecule has 0 aliphatic rings. The molecule has 0 atom stereocenters. The standard InChI is InChI=1S/C11H9ClN2/c12-9-6-7-14-11(13)10(9)8-4-2-1-3-5-8/h1-7H,(H2,13,14). The van der Waals surface area contributed by atoms with Crippen LogP contribution >= 0.6 is 11.6 Å². The Morgan fingerprint density at radius 3 is 2.43 bits per heavy atom. The molecule has 0 amide bonds. The maximum Gasteiger partial charge on any atom is 0.132 e. The van der Waals surface area contributed by atoms with E-state index in [1.807, 2.05) is 30.3 Å². The van der Waals surface area contributed by atoms with Gasteiger partial charge in [-0.05, 0) is 11.6 Å². The Hall–Kier alpha value is -1.54. The third kappa shape index (κ3) is 1.56. The SMILES string of the molecule is Nc1nccc(Cl)c1-c1ccccc1. The highest BCUT2D eigenvalue weighted by Gasteiger charge is 2.06. The van der Waals surface area contributed by atoms with E-state index in [-0.39, 0.29) is 0 Å². The van der Waals surface area contributed by atoms with Crippen LogP contribution in [0.4, 0.5) is 5.82 Å². The Kier molecular flexibility index (Phi) is 2.37. The Morgan fingerprint density at radius 2 is 1.79 bits per heavy atom. The van der Waals surface area contributed by atoms with Crippen LogP contribution < -0.4 is 5.73 Å². The largest absolute Gasteiger partial charge is 0.383 e. The zero-order chi connectivity index (χ0) is 9.97. The molecule has 0 spiro atoms. The van der Waals surface area contributed by atoms with E-state index in [0.29, 0.717) is 10.8 Å². The van der Waals surface area contributed by atoms with Crippen LogP contribution in [0.1, 0.15) is 0 Å². The second kappa shape index (κ2) is 3.68. The minimum absolute atomic E-state index is 0.462. The molecule has 2 rings (SSSR count). The molecule has 1 heterocycles. The first-order valence-corrected chi connectivity index (χ1v) is 4.62. The third-order valence-corrected chi connectivity index (χ3v) is 2.31. The summed E-state index contributed by atoms with van der Waals surface area (Å²) in [5.74, 6) is 0.462. The van der Waals surface area contributed by atoms with Crippen LogP contribution in [-0.4, -0.2) is 4.98 Å². The summed E-state index contributed by atoms with van der Waals surface area (Å²) < 4.78 is 0. The van der Waals surface area contributed by atoms with Gasteiger partial charge >= 0.3 is 0 Å². The van der Waals surface area contributed by atoms with Crippen molar-refractivity contribution in [1.82, 2.24) is 4.98 Å². The monoisotopic (exact) mass is 204 g/mol. The first kappa shape index (κ1) is 9.03. The molecule has 2 nitrogen and oxygen atoms in total. The molecule has 3 heteroatoms. The number of rotatable bonds is 1. The van der Waals surface area contributed by atoms with Gasteiger partial charge in [-0.1, -0.05) is 41.9 Å². The lowest BCUT2D eigenvalue weighted by Gasteiger charge is -2.06. The molecule has 70 valence electrons. The van der Waals surface area contributed by atoms with E-state index in [1.165, 1.54) is 0 Å². The second-order valence-electron chi connectivity index (χ2n) is 2.92. The summed E-state index contributed by atoms with van der Waals surface area (Å²) in [6.45, 7) is 0. The van der Waals surface area contributed by atoms with E-state index in [1.54, 1.807) is 12.3 Å².